The molecule has 1 atom stereocenters. The molecule has 3 aromatic carbocycles. The summed E-state index contributed by atoms with van der Waals surface area (Å²) in [6, 6.07) is 31.7. The van der Waals surface area contributed by atoms with E-state index in [0.717, 1.165) is 28.3 Å². The largest absolute Gasteiger partial charge is 0.490 e. The lowest BCUT2D eigenvalue weighted by Gasteiger charge is -2.19. The molecule has 0 fully saturated rings. The van der Waals surface area contributed by atoms with Crippen LogP contribution in [0, 0.1) is 0 Å². The van der Waals surface area contributed by atoms with Crippen LogP contribution in [0.25, 0.3) is 22.5 Å². The number of hydrogen-bond donors (Lipinski definition) is 0. The van der Waals surface area contributed by atoms with Crippen molar-refractivity contribution < 1.29 is 14.3 Å². The van der Waals surface area contributed by atoms with E-state index in [-0.39, 0.29) is 12.6 Å². The van der Waals surface area contributed by atoms with Gasteiger partial charge < -0.3 is 9.47 Å². The predicted octanol–water partition coefficient (Wildman–Crippen LogP) is 5.23. The van der Waals surface area contributed by atoms with E-state index >= 15 is 0 Å². The van der Waals surface area contributed by atoms with Crippen LogP contribution in [-0.2, 0) is 16.1 Å². The normalized spacial score (nSPS) is 11.6. The van der Waals surface area contributed by atoms with Gasteiger partial charge in [0.2, 0.25) is 0 Å². The van der Waals surface area contributed by atoms with Crippen molar-refractivity contribution in [2.24, 2.45) is 0 Å². The first kappa shape index (κ1) is 20.4. The van der Waals surface area contributed by atoms with Crippen molar-refractivity contribution in [1.29, 1.82) is 0 Å². The molecule has 5 nitrogen and oxygen atoms in total. The first-order chi connectivity index (χ1) is 15.2. The number of ether oxygens (including phenoxy) is 2. The summed E-state index contributed by atoms with van der Waals surface area (Å²) >= 11 is 0. The Morgan fingerprint density at radius 1 is 0.871 bits per heavy atom. The minimum absolute atomic E-state index is 0.234. The van der Waals surface area contributed by atoms with Gasteiger partial charge in [0.15, 0.2) is 6.10 Å². The second-order valence-corrected chi connectivity index (χ2v) is 7.18. The Morgan fingerprint density at radius 3 is 2.06 bits per heavy atom. The van der Waals surface area contributed by atoms with Gasteiger partial charge in [0, 0.05) is 12.5 Å². The van der Waals surface area contributed by atoms with Crippen LogP contribution in [0.4, 0.5) is 0 Å². The molecule has 0 N–H and O–H groups in total. The number of rotatable bonds is 8. The number of aromatic nitrogens is 2. The van der Waals surface area contributed by atoms with Crippen LogP contribution in [0.15, 0.2) is 97.1 Å². The maximum absolute atomic E-state index is 11.7. The molecule has 156 valence electrons. The van der Waals surface area contributed by atoms with E-state index in [1.165, 1.54) is 6.92 Å². The van der Waals surface area contributed by atoms with Gasteiger partial charge >= 0.3 is 5.97 Å². The zero-order chi connectivity index (χ0) is 21.5. The summed E-state index contributed by atoms with van der Waals surface area (Å²) < 4.78 is 13.3. The minimum Gasteiger partial charge on any atom is -0.490 e. The lowest BCUT2D eigenvalue weighted by Crippen LogP contribution is -2.29. The van der Waals surface area contributed by atoms with Gasteiger partial charge in [-0.05, 0) is 23.8 Å². The Kier molecular flexibility index (Phi) is 6.43. The Morgan fingerprint density at radius 2 is 1.45 bits per heavy atom. The average Bonchev–Trinajstić information content (AvgIpc) is 3.23. The first-order valence-corrected chi connectivity index (χ1v) is 10.2. The summed E-state index contributed by atoms with van der Waals surface area (Å²) in [5.41, 5.74) is 3.90. The maximum Gasteiger partial charge on any atom is 0.303 e. The second kappa shape index (κ2) is 9.76. The van der Waals surface area contributed by atoms with Crippen LogP contribution >= 0.6 is 0 Å². The van der Waals surface area contributed by atoms with Crippen molar-refractivity contribution in [2.45, 2.75) is 19.6 Å². The summed E-state index contributed by atoms with van der Waals surface area (Å²) in [7, 11) is 0. The van der Waals surface area contributed by atoms with Gasteiger partial charge in [0.25, 0.3) is 0 Å². The zero-order valence-corrected chi connectivity index (χ0v) is 17.3. The molecule has 4 rings (SSSR count). The molecule has 1 aromatic heterocycles. The molecule has 31 heavy (non-hydrogen) atoms. The highest BCUT2D eigenvalue weighted by Crippen LogP contribution is 2.26. The van der Waals surface area contributed by atoms with Gasteiger partial charge in [-0.25, -0.2) is 0 Å². The zero-order valence-electron chi connectivity index (χ0n) is 17.3. The molecule has 4 aromatic rings. The summed E-state index contributed by atoms with van der Waals surface area (Å²) in [5.74, 6) is 0.381. The predicted molar refractivity (Wildman–Crippen MR) is 121 cm³/mol. The van der Waals surface area contributed by atoms with Crippen LogP contribution in [0.5, 0.6) is 5.75 Å². The first-order valence-electron chi connectivity index (χ1n) is 10.2. The van der Waals surface area contributed by atoms with Gasteiger partial charge in [-0.3, -0.25) is 9.48 Å². The van der Waals surface area contributed by atoms with Crippen molar-refractivity contribution >= 4 is 5.97 Å². The SMILES string of the molecule is CC(=O)OC(COc1ccccc1)Cn1nc(-c2ccccc2)cc1-c1ccccc1. The third-order valence-electron chi connectivity index (χ3n) is 4.81. The lowest BCUT2D eigenvalue weighted by atomic mass is 10.1. The summed E-state index contributed by atoms with van der Waals surface area (Å²) in [4.78, 5) is 11.7. The van der Waals surface area contributed by atoms with Gasteiger partial charge in [0.1, 0.15) is 12.4 Å². The van der Waals surface area contributed by atoms with Crippen LogP contribution in [-0.4, -0.2) is 28.5 Å². The van der Waals surface area contributed by atoms with E-state index < -0.39 is 6.10 Å². The van der Waals surface area contributed by atoms with Gasteiger partial charge in [-0.1, -0.05) is 78.9 Å². The number of para-hydroxylation sites is 1. The average molecular weight is 412 g/mol. The smallest absolute Gasteiger partial charge is 0.303 e. The Hall–Kier alpha value is -3.86. The van der Waals surface area contributed by atoms with Crippen LogP contribution < -0.4 is 4.74 Å². The number of nitrogens with zero attached hydrogens (tertiary/aromatic N) is 2. The van der Waals surface area contributed by atoms with E-state index in [1.807, 2.05) is 95.7 Å². The molecule has 1 heterocycles. The second-order valence-electron chi connectivity index (χ2n) is 7.18. The van der Waals surface area contributed by atoms with Crippen molar-refractivity contribution in [3.63, 3.8) is 0 Å². The number of esters is 1. The number of hydrogen-bond acceptors (Lipinski definition) is 4. The molecule has 0 saturated heterocycles. The molecule has 0 aliphatic carbocycles. The standard InChI is InChI=1S/C26H24N2O3/c1-20(29)31-24(19-30-23-15-9-4-10-16-23)18-28-26(22-13-7-3-8-14-22)17-25(27-28)21-11-5-2-6-12-21/h2-17,24H,18-19H2,1H3. The molecular weight excluding hydrogens is 388 g/mol. The lowest BCUT2D eigenvalue weighted by molar-refractivity contribution is -0.148. The van der Waals surface area contributed by atoms with Crippen LogP contribution in [0.2, 0.25) is 0 Å². The van der Waals surface area contributed by atoms with Crippen molar-refractivity contribution in [2.75, 3.05) is 6.61 Å². The van der Waals surface area contributed by atoms with E-state index in [4.69, 9.17) is 14.6 Å². The highest BCUT2D eigenvalue weighted by atomic mass is 16.6. The molecule has 0 bridgehead atoms. The molecule has 0 amide bonds. The molecule has 1 unspecified atom stereocenters. The molecule has 0 saturated carbocycles. The molecule has 0 aliphatic heterocycles. The molecular formula is C26H24N2O3. The third-order valence-corrected chi connectivity index (χ3v) is 4.81. The van der Waals surface area contributed by atoms with Crippen molar-refractivity contribution in [1.82, 2.24) is 9.78 Å². The monoisotopic (exact) mass is 412 g/mol. The highest BCUT2D eigenvalue weighted by Gasteiger charge is 2.19. The quantitative estimate of drug-likeness (QED) is 0.372. The fourth-order valence-electron chi connectivity index (χ4n) is 3.40. The summed E-state index contributed by atoms with van der Waals surface area (Å²) in [6.45, 7) is 2.02. The molecule has 5 heteroatoms. The van der Waals surface area contributed by atoms with Gasteiger partial charge in [0.05, 0.1) is 17.9 Å². The Balaban J connectivity index is 1.63. The van der Waals surface area contributed by atoms with E-state index in [0.29, 0.717) is 6.54 Å². The molecule has 0 spiro atoms. The van der Waals surface area contributed by atoms with Gasteiger partial charge in [-0.2, -0.15) is 5.10 Å². The fourth-order valence-corrected chi connectivity index (χ4v) is 3.40. The molecule has 0 aliphatic rings. The summed E-state index contributed by atoms with van der Waals surface area (Å²) in [6.07, 6.45) is -0.483. The Labute approximate surface area is 181 Å². The maximum atomic E-state index is 11.7. The number of benzene rings is 3. The minimum atomic E-state index is -0.483. The van der Waals surface area contributed by atoms with E-state index in [2.05, 4.69) is 6.07 Å². The highest BCUT2D eigenvalue weighted by molar-refractivity contribution is 5.69. The molecule has 0 radical (unpaired) electrons. The van der Waals surface area contributed by atoms with E-state index in [1.54, 1.807) is 0 Å². The van der Waals surface area contributed by atoms with E-state index in [9.17, 15) is 4.79 Å². The van der Waals surface area contributed by atoms with Crippen molar-refractivity contribution in [3.05, 3.63) is 97.1 Å². The number of carbonyl (C=O) groups excluding carboxylic acids is 1. The van der Waals surface area contributed by atoms with Crippen LogP contribution in [0.3, 0.4) is 0 Å². The third kappa shape index (κ3) is 5.39. The van der Waals surface area contributed by atoms with Crippen LogP contribution in [0.1, 0.15) is 6.92 Å². The topological polar surface area (TPSA) is 53.4 Å². The summed E-state index contributed by atoms with van der Waals surface area (Å²) in [5, 5.41) is 4.83. The van der Waals surface area contributed by atoms with Crippen molar-refractivity contribution in [3.8, 4) is 28.3 Å². The fraction of sp³-hybridized carbons (Fsp3) is 0.154. The van der Waals surface area contributed by atoms with Gasteiger partial charge in [-0.15, -0.1) is 0 Å². The number of carbonyl (C=O) groups is 1. The Bertz CT molecular complexity index is 1110.